The van der Waals surface area contributed by atoms with Crippen molar-refractivity contribution in [1.29, 1.82) is 0 Å². The van der Waals surface area contributed by atoms with Crippen LogP contribution in [-0.4, -0.2) is 43.0 Å². The maximum Gasteiger partial charge on any atom is 0.228 e. The van der Waals surface area contributed by atoms with Gasteiger partial charge in [0.25, 0.3) is 0 Å². The molecule has 2 aromatic rings. The van der Waals surface area contributed by atoms with Crippen molar-refractivity contribution >= 4 is 23.0 Å². The van der Waals surface area contributed by atoms with Crippen molar-refractivity contribution < 1.29 is 9.18 Å². The number of benzene rings is 2. The Hall–Kier alpha value is -2.40. The number of amides is 1. The average Bonchev–Trinajstić information content (AvgIpc) is 2.72. The molecular weight excluding hydrogens is 353 g/mol. The molecule has 0 aliphatic carbocycles. The molecule has 0 unspecified atom stereocenters. The number of hydrogen-bond donors (Lipinski definition) is 0. The second-order valence-corrected chi connectivity index (χ2v) is 7.80. The predicted octanol–water partition coefficient (Wildman–Crippen LogP) is 4.57. The van der Waals surface area contributed by atoms with Gasteiger partial charge in [-0.05, 0) is 56.6 Å². The number of carbonyl (C=O) groups is 1. The summed E-state index contributed by atoms with van der Waals surface area (Å²) in [7, 11) is 0. The fourth-order valence-electron chi connectivity index (χ4n) is 4.38. The third-order valence-electron chi connectivity index (χ3n) is 5.99. The molecule has 0 spiro atoms. The number of fused-ring (bicyclic) bond motifs is 1. The van der Waals surface area contributed by atoms with Crippen LogP contribution in [0.2, 0.25) is 0 Å². The third-order valence-corrected chi connectivity index (χ3v) is 5.99. The zero-order chi connectivity index (χ0) is 19.5. The quantitative estimate of drug-likeness (QED) is 0.776. The molecule has 2 aliphatic rings. The molecule has 4 rings (SSSR count). The van der Waals surface area contributed by atoms with Crippen molar-refractivity contribution in [3.63, 3.8) is 0 Å². The molecule has 148 valence electrons. The van der Waals surface area contributed by atoms with Crippen molar-refractivity contribution in [3.8, 4) is 0 Å². The lowest BCUT2D eigenvalue weighted by Crippen LogP contribution is -2.45. The molecule has 0 aromatic heterocycles. The average molecular weight is 381 g/mol. The molecule has 2 aliphatic heterocycles. The Morgan fingerprint density at radius 3 is 2.64 bits per heavy atom. The van der Waals surface area contributed by atoms with Crippen LogP contribution in [-0.2, 0) is 4.79 Å². The normalized spacial score (nSPS) is 20.1. The summed E-state index contributed by atoms with van der Waals surface area (Å²) >= 11 is 0. The van der Waals surface area contributed by atoms with Gasteiger partial charge in [0.2, 0.25) is 5.91 Å². The van der Waals surface area contributed by atoms with Crippen LogP contribution in [0.5, 0.6) is 0 Å². The molecule has 1 amide bonds. The van der Waals surface area contributed by atoms with E-state index in [0.29, 0.717) is 25.6 Å². The number of carbonyl (C=O) groups excluding carboxylic acids is 1. The summed E-state index contributed by atoms with van der Waals surface area (Å²) in [5.74, 6) is -0.158. The largest absolute Gasteiger partial charge is 0.338 e. The van der Waals surface area contributed by atoms with E-state index in [0.717, 1.165) is 30.2 Å². The van der Waals surface area contributed by atoms with E-state index in [2.05, 4.69) is 16.7 Å². The summed E-state index contributed by atoms with van der Waals surface area (Å²) in [5.41, 5.74) is 2.58. The van der Waals surface area contributed by atoms with Crippen molar-refractivity contribution in [2.75, 3.05) is 36.0 Å². The summed E-state index contributed by atoms with van der Waals surface area (Å²) < 4.78 is 14.0. The third kappa shape index (κ3) is 3.90. The lowest BCUT2D eigenvalue weighted by molar-refractivity contribution is -0.119. The molecule has 0 saturated carbocycles. The first-order valence-electron chi connectivity index (χ1n) is 10.3. The second kappa shape index (κ2) is 8.31. The Labute approximate surface area is 166 Å². The maximum atomic E-state index is 14.0. The van der Waals surface area contributed by atoms with E-state index in [1.54, 1.807) is 6.07 Å². The first-order valence-corrected chi connectivity index (χ1v) is 10.3. The van der Waals surface area contributed by atoms with Gasteiger partial charge in [-0.25, -0.2) is 4.39 Å². The minimum atomic E-state index is -0.281. The number of para-hydroxylation sites is 1. The zero-order valence-electron chi connectivity index (χ0n) is 16.5. The van der Waals surface area contributed by atoms with Gasteiger partial charge in [0.05, 0.1) is 11.4 Å². The molecule has 1 fully saturated rings. The summed E-state index contributed by atoms with van der Waals surface area (Å²) in [6, 6.07) is 15.2. The molecule has 0 N–H and O–H groups in total. The predicted molar refractivity (Wildman–Crippen MR) is 112 cm³/mol. The van der Waals surface area contributed by atoms with Crippen LogP contribution in [0, 0.1) is 5.82 Å². The maximum absolute atomic E-state index is 14.0. The number of hydrogen-bond acceptors (Lipinski definition) is 3. The SMILES string of the molecule is C[C@@H]1CCCCN1CCC(=O)N1CCN(c2ccccc2)c2cc(F)ccc21. The van der Waals surface area contributed by atoms with Crippen LogP contribution in [0.25, 0.3) is 0 Å². The highest BCUT2D eigenvalue weighted by molar-refractivity contribution is 5.99. The molecule has 1 saturated heterocycles. The standard InChI is InChI=1S/C23H28FN3O/c1-18-7-5-6-13-25(18)14-12-23(28)27-16-15-26(20-8-3-2-4-9-20)22-17-19(24)10-11-21(22)27/h2-4,8-11,17-18H,5-7,12-16H2,1H3/t18-/m1/s1. The number of rotatable bonds is 4. The molecule has 0 radical (unpaired) electrons. The number of anilines is 3. The highest BCUT2D eigenvalue weighted by atomic mass is 19.1. The van der Waals surface area contributed by atoms with Crippen LogP contribution < -0.4 is 9.80 Å². The monoisotopic (exact) mass is 381 g/mol. The molecular formula is C23H28FN3O. The Balaban J connectivity index is 1.53. The zero-order valence-corrected chi connectivity index (χ0v) is 16.5. The number of piperidine rings is 1. The lowest BCUT2D eigenvalue weighted by atomic mass is 10.0. The number of nitrogens with zero attached hydrogens (tertiary/aromatic N) is 3. The Morgan fingerprint density at radius 2 is 1.86 bits per heavy atom. The number of likely N-dealkylation sites (tertiary alicyclic amines) is 1. The highest BCUT2D eigenvalue weighted by Crippen LogP contribution is 2.38. The molecule has 4 nitrogen and oxygen atoms in total. The molecule has 0 bridgehead atoms. The minimum Gasteiger partial charge on any atom is -0.338 e. The second-order valence-electron chi connectivity index (χ2n) is 7.80. The van der Waals surface area contributed by atoms with E-state index in [1.807, 2.05) is 35.2 Å². The first kappa shape index (κ1) is 18.9. The topological polar surface area (TPSA) is 26.8 Å². The van der Waals surface area contributed by atoms with Gasteiger partial charge in [-0.1, -0.05) is 24.6 Å². The molecule has 2 aromatic carbocycles. The van der Waals surface area contributed by atoms with Crippen LogP contribution >= 0.6 is 0 Å². The van der Waals surface area contributed by atoms with Gasteiger partial charge in [-0.3, -0.25) is 4.79 Å². The van der Waals surface area contributed by atoms with Crippen LogP contribution in [0.3, 0.4) is 0 Å². The fraction of sp³-hybridized carbons (Fsp3) is 0.435. The molecule has 5 heteroatoms. The van der Waals surface area contributed by atoms with E-state index in [9.17, 15) is 9.18 Å². The fourth-order valence-corrected chi connectivity index (χ4v) is 4.38. The summed E-state index contributed by atoms with van der Waals surface area (Å²) in [6.45, 7) is 5.40. The van der Waals surface area contributed by atoms with E-state index in [1.165, 1.54) is 31.4 Å². The van der Waals surface area contributed by atoms with E-state index < -0.39 is 0 Å². The summed E-state index contributed by atoms with van der Waals surface area (Å²) in [4.78, 5) is 19.4. The van der Waals surface area contributed by atoms with Crippen LogP contribution in [0.15, 0.2) is 48.5 Å². The van der Waals surface area contributed by atoms with Gasteiger partial charge in [-0.2, -0.15) is 0 Å². The van der Waals surface area contributed by atoms with Gasteiger partial charge in [-0.15, -0.1) is 0 Å². The highest BCUT2D eigenvalue weighted by Gasteiger charge is 2.28. The van der Waals surface area contributed by atoms with Crippen LogP contribution in [0.4, 0.5) is 21.5 Å². The van der Waals surface area contributed by atoms with Gasteiger partial charge in [0, 0.05) is 37.8 Å². The smallest absolute Gasteiger partial charge is 0.228 e. The van der Waals surface area contributed by atoms with Crippen LogP contribution in [0.1, 0.15) is 32.6 Å². The van der Waals surface area contributed by atoms with Gasteiger partial charge in [0.15, 0.2) is 0 Å². The van der Waals surface area contributed by atoms with Gasteiger partial charge < -0.3 is 14.7 Å². The Morgan fingerprint density at radius 1 is 1.04 bits per heavy atom. The van der Waals surface area contributed by atoms with Crippen molar-refractivity contribution in [3.05, 3.63) is 54.3 Å². The van der Waals surface area contributed by atoms with Crippen molar-refractivity contribution in [1.82, 2.24) is 4.90 Å². The Kier molecular flexibility index (Phi) is 5.62. The van der Waals surface area contributed by atoms with Gasteiger partial charge in [0.1, 0.15) is 5.82 Å². The first-order chi connectivity index (χ1) is 13.6. The summed E-state index contributed by atoms with van der Waals surface area (Å²) in [5, 5.41) is 0. The lowest BCUT2D eigenvalue weighted by Gasteiger charge is -2.38. The van der Waals surface area contributed by atoms with Crippen molar-refractivity contribution in [2.24, 2.45) is 0 Å². The van der Waals surface area contributed by atoms with E-state index in [-0.39, 0.29) is 11.7 Å². The molecule has 1 atom stereocenters. The Bertz CT molecular complexity index is 826. The van der Waals surface area contributed by atoms with E-state index in [4.69, 9.17) is 0 Å². The minimum absolute atomic E-state index is 0.123. The van der Waals surface area contributed by atoms with E-state index >= 15 is 0 Å². The van der Waals surface area contributed by atoms with Gasteiger partial charge >= 0.3 is 0 Å². The molecule has 28 heavy (non-hydrogen) atoms. The number of halogens is 1. The summed E-state index contributed by atoms with van der Waals surface area (Å²) in [6.07, 6.45) is 4.22. The van der Waals surface area contributed by atoms with Crippen molar-refractivity contribution in [2.45, 2.75) is 38.6 Å². The molecule has 2 heterocycles.